The van der Waals surface area contributed by atoms with Gasteiger partial charge < -0.3 is 5.32 Å². The van der Waals surface area contributed by atoms with E-state index < -0.39 is 11.7 Å². The highest BCUT2D eigenvalue weighted by Crippen LogP contribution is 2.28. The standard InChI is InChI=1S/C14H20F3N/c1-2-3-4-5-10-18-11-12-6-8-13(9-7-12)14(15,16)17/h6-9,18H,2-5,10-11H2,1H3. The third kappa shape index (κ3) is 5.54. The summed E-state index contributed by atoms with van der Waals surface area (Å²) in [5.41, 5.74) is 0.299. The van der Waals surface area contributed by atoms with E-state index in [4.69, 9.17) is 0 Å². The Bertz CT molecular complexity index is 330. The van der Waals surface area contributed by atoms with Gasteiger partial charge in [-0.25, -0.2) is 0 Å². The Hall–Kier alpha value is -1.03. The molecule has 0 heterocycles. The Balaban J connectivity index is 2.27. The van der Waals surface area contributed by atoms with Gasteiger partial charge in [-0.3, -0.25) is 0 Å². The Morgan fingerprint density at radius 1 is 1.00 bits per heavy atom. The van der Waals surface area contributed by atoms with E-state index in [1.165, 1.54) is 31.4 Å². The van der Waals surface area contributed by atoms with Gasteiger partial charge in [-0.05, 0) is 30.7 Å². The molecule has 0 aliphatic heterocycles. The molecule has 0 fully saturated rings. The molecule has 0 amide bonds. The van der Waals surface area contributed by atoms with Gasteiger partial charge in [-0.1, -0.05) is 38.3 Å². The first-order valence-electron chi connectivity index (χ1n) is 6.41. The van der Waals surface area contributed by atoms with Crippen molar-refractivity contribution < 1.29 is 13.2 Å². The summed E-state index contributed by atoms with van der Waals surface area (Å²) >= 11 is 0. The minimum atomic E-state index is -4.24. The van der Waals surface area contributed by atoms with Gasteiger partial charge in [0.05, 0.1) is 5.56 Å². The summed E-state index contributed by atoms with van der Waals surface area (Å²) in [4.78, 5) is 0. The second-order valence-corrected chi connectivity index (χ2v) is 4.43. The first-order chi connectivity index (χ1) is 8.54. The monoisotopic (exact) mass is 259 g/mol. The normalized spacial score (nSPS) is 11.8. The van der Waals surface area contributed by atoms with E-state index in [-0.39, 0.29) is 0 Å². The zero-order valence-corrected chi connectivity index (χ0v) is 10.7. The Labute approximate surface area is 106 Å². The number of unbranched alkanes of at least 4 members (excludes halogenated alkanes) is 3. The Morgan fingerprint density at radius 3 is 2.22 bits per heavy atom. The Morgan fingerprint density at radius 2 is 1.67 bits per heavy atom. The van der Waals surface area contributed by atoms with E-state index in [0.29, 0.717) is 6.54 Å². The molecule has 0 radical (unpaired) electrons. The van der Waals surface area contributed by atoms with E-state index in [2.05, 4.69) is 12.2 Å². The number of halogens is 3. The lowest BCUT2D eigenvalue weighted by Crippen LogP contribution is -2.14. The quantitative estimate of drug-likeness (QED) is 0.717. The van der Waals surface area contributed by atoms with Crippen molar-refractivity contribution in [1.82, 2.24) is 5.32 Å². The van der Waals surface area contributed by atoms with Crippen LogP contribution in [0, 0.1) is 0 Å². The highest BCUT2D eigenvalue weighted by atomic mass is 19.4. The summed E-state index contributed by atoms with van der Waals surface area (Å²) in [5.74, 6) is 0. The van der Waals surface area contributed by atoms with Gasteiger partial charge in [0.15, 0.2) is 0 Å². The highest BCUT2D eigenvalue weighted by Gasteiger charge is 2.29. The summed E-state index contributed by atoms with van der Waals surface area (Å²) in [6.07, 6.45) is 0.526. The van der Waals surface area contributed by atoms with Gasteiger partial charge >= 0.3 is 6.18 Å². The lowest BCUT2D eigenvalue weighted by Gasteiger charge is -2.08. The fourth-order valence-electron chi connectivity index (χ4n) is 1.72. The van der Waals surface area contributed by atoms with Crippen LogP contribution in [-0.4, -0.2) is 6.54 Å². The van der Waals surface area contributed by atoms with Crippen molar-refractivity contribution in [3.05, 3.63) is 35.4 Å². The van der Waals surface area contributed by atoms with Crippen LogP contribution in [0.15, 0.2) is 24.3 Å². The van der Waals surface area contributed by atoms with Gasteiger partial charge in [0.1, 0.15) is 0 Å². The van der Waals surface area contributed by atoms with Crippen molar-refractivity contribution in [1.29, 1.82) is 0 Å². The van der Waals surface area contributed by atoms with Gasteiger partial charge in [0, 0.05) is 6.54 Å². The average molecular weight is 259 g/mol. The third-order valence-corrected chi connectivity index (χ3v) is 2.82. The first-order valence-corrected chi connectivity index (χ1v) is 6.41. The molecular weight excluding hydrogens is 239 g/mol. The second kappa shape index (κ2) is 7.41. The summed E-state index contributed by atoms with van der Waals surface area (Å²) < 4.78 is 37.0. The molecule has 102 valence electrons. The van der Waals surface area contributed by atoms with Crippen molar-refractivity contribution in [2.75, 3.05) is 6.54 Å². The lowest BCUT2D eigenvalue weighted by atomic mass is 10.1. The van der Waals surface area contributed by atoms with Crippen LogP contribution >= 0.6 is 0 Å². The summed E-state index contributed by atoms with van der Waals surface area (Å²) in [5, 5.41) is 3.24. The number of nitrogens with one attached hydrogen (secondary N) is 1. The molecule has 4 heteroatoms. The van der Waals surface area contributed by atoms with Crippen LogP contribution in [0.1, 0.15) is 43.7 Å². The van der Waals surface area contributed by atoms with E-state index in [1.807, 2.05) is 0 Å². The molecule has 18 heavy (non-hydrogen) atoms. The van der Waals surface area contributed by atoms with E-state index in [9.17, 15) is 13.2 Å². The van der Waals surface area contributed by atoms with Crippen molar-refractivity contribution in [3.63, 3.8) is 0 Å². The predicted octanol–water partition coefficient (Wildman–Crippen LogP) is 4.38. The SMILES string of the molecule is CCCCCCNCc1ccc(C(F)(F)F)cc1. The molecular formula is C14H20F3N. The minimum absolute atomic E-state index is 0.589. The number of benzene rings is 1. The Kier molecular flexibility index (Phi) is 6.19. The zero-order valence-electron chi connectivity index (χ0n) is 10.7. The fourth-order valence-corrected chi connectivity index (χ4v) is 1.72. The molecule has 0 bridgehead atoms. The number of rotatable bonds is 7. The number of hydrogen-bond acceptors (Lipinski definition) is 1. The van der Waals surface area contributed by atoms with Crippen LogP contribution in [0.2, 0.25) is 0 Å². The van der Waals surface area contributed by atoms with E-state index in [0.717, 1.165) is 30.7 Å². The van der Waals surface area contributed by atoms with E-state index in [1.54, 1.807) is 0 Å². The molecule has 1 rings (SSSR count). The first kappa shape index (κ1) is 15.0. The molecule has 0 unspecified atom stereocenters. The van der Waals surface area contributed by atoms with Crippen LogP contribution in [-0.2, 0) is 12.7 Å². The van der Waals surface area contributed by atoms with Crippen LogP contribution < -0.4 is 5.32 Å². The van der Waals surface area contributed by atoms with Crippen LogP contribution in [0.4, 0.5) is 13.2 Å². The summed E-state index contributed by atoms with van der Waals surface area (Å²) in [6.45, 7) is 3.71. The van der Waals surface area contributed by atoms with Crippen molar-refractivity contribution in [3.8, 4) is 0 Å². The van der Waals surface area contributed by atoms with Crippen LogP contribution in [0.3, 0.4) is 0 Å². The molecule has 0 aliphatic rings. The lowest BCUT2D eigenvalue weighted by molar-refractivity contribution is -0.137. The topological polar surface area (TPSA) is 12.0 Å². The molecule has 0 spiro atoms. The molecule has 0 atom stereocenters. The van der Waals surface area contributed by atoms with Gasteiger partial charge in [0.2, 0.25) is 0 Å². The van der Waals surface area contributed by atoms with E-state index >= 15 is 0 Å². The maximum Gasteiger partial charge on any atom is 0.416 e. The molecule has 0 aliphatic carbocycles. The third-order valence-electron chi connectivity index (χ3n) is 2.82. The maximum atomic E-state index is 12.3. The summed E-state index contributed by atoms with van der Waals surface area (Å²) in [6, 6.07) is 5.33. The van der Waals surface area contributed by atoms with Crippen molar-refractivity contribution in [2.45, 2.75) is 45.3 Å². The molecule has 1 N–H and O–H groups in total. The minimum Gasteiger partial charge on any atom is -0.313 e. The van der Waals surface area contributed by atoms with Gasteiger partial charge in [-0.15, -0.1) is 0 Å². The molecule has 0 saturated heterocycles. The molecule has 1 aromatic rings. The van der Waals surface area contributed by atoms with Crippen molar-refractivity contribution >= 4 is 0 Å². The smallest absolute Gasteiger partial charge is 0.313 e. The van der Waals surface area contributed by atoms with Crippen molar-refractivity contribution in [2.24, 2.45) is 0 Å². The largest absolute Gasteiger partial charge is 0.416 e. The molecule has 0 aromatic heterocycles. The summed E-state index contributed by atoms with van der Waals surface area (Å²) in [7, 11) is 0. The molecule has 1 nitrogen and oxygen atoms in total. The predicted molar refractivity (Wildman–Crippen MR) is 67.3 cm³/mol. The maximum absolute atomic E-state index is 12.3. The average Bonchev–Trinajstić information content (AvgIpc) is 2.33. The second-order valence-electron chi connectivity index (χ2n) is 4.43. The zero-order chi connectivity index (χ0) is 13.4. The van der Waals surface area contributed by atoms with Gasteiger partial charge in [-0.2, -0.15) is 13.2 Å². The number of hydrogen-bond donors (Lipinski definition) is 1. The van der Waals surface area contributed by atoms with Gasteiger partial charge in [0.25, 0.3) is 0 Å². The van der Waals surface area contributed by atoms with Crippen LogP contribution in [0.25, 0.3) is 0 Å². The number of alkyl halides is 3. The molecule has 1 aromatic carbocycles. The highest BCUT2D eigenvalue weighted by molar-refractivity contribution is 5.24. The van der Waals surface area contributed by atoms with Crippen LogP contribution in [0.5, 0.6) is 0 Å². The fraction of sp³-hybridized carbons (Fsp3) is 0.571. The molecule has 0 saturated carbocycles.